The molecule has 0 aliphatic carbocycles. The van der Waals surface area contributed by atoms with E-state index in [0.29, 0.717) is 0 Å². The zero-order valence-electron chi connectivity index (χ0n) is 10.4. The van der Waals surface area contributed by atoms with Gasteiger partial charge in [-0.15, -0.1) is 6.42 Å². The Labute approximate surface area is 102 Å². The SMILES string of the molecule is C#Cc1cc2ccc(C)cc2nc1C=C(C)C. The number of terminal acetylenes is 1. The molecule has 0 N–H and O–H groups in total. The zero-order valence-corrected chi connectivity index (χ0v) is 10.4. The molecule has 1 heterocycles. The van der Waals surface area contributed by atoms with Crippen molar-refractivity contribution in [1.82, 2.24) is 4.98 Å². The number of allylic oxidation sites excluding steroid dienone is 1. The van der Waals surface area contributed by atoms with Crippen molar-refractivity contribution in [3.05, 3.63) is 46.7 Å². The van der Waals surface area contributed by atoms with Crippen molar-refractivity contribution in [1.29, 1.82) is 0 Å². The molecule has 0 radical (unpaired) electrons. The topological polar surface area (TPSA) is 12.9 Å². The molecule has 0 bridgehead atoms. The summed E-state index contributed by atoms with van der Waals surface area (Å²) in [5, 5.41) is 1.09. The van der Waals surface area contributed by atoms with E-state index >= 15 is 0 Å². The van der Waals surface area contributed by atoms with Crippen LogP contribution in [0.3, 0.4) is 0 Å². The summed E-state index contributed by atoms with van der Waals surface area (Å²) in [7, 11) is 0. The van der Waals surface area contributed by atoms with Gasteiger partial charge in [-0.1, -0.05) is 23.6 Å². The third-order valence-electron chi connectivity index (χ3n) is 2.58. The second-order valence-corrected chi connectivity index (χ2v) is 4.48. The number of nitrogens with zero attached hydrogens (tertiary/aromatic N) is 1. The highest BCUT2D eigenvalue weighted by Crippen LogP contribution is 2.19. The molecule has 1 aromatic heterocycles. The van der Waals surface area contributed by atoms with E-state index in [2.05, 4.69) is 36.0 Å². The normalized spacial score (nSPS) is 10.0. The van der Waals surface area contributed by atoms with Gasteiger partial charge < -0.3 is 0 Å². The Bertz CT molecular complexity index is 638. The fraction of sp³-hybridized carbons (Fsp3) is 0.188. The first kappa shape index (κ1) is 11.4. The van der Waals surface area contributed by atoms with Crippen molar-refractivity contribution >= 4 is 17.0 Å². The number of aryl methyl sites for hydroxylation is 1. The van der Waals surface area contributed by atoms with E-state index in [1.165, 1.54) is 11.1 Å². The highest BCUT2D eigenvalue weighted by Gasteiger charge is 2.03. The molecule has 1 nitrogen and oxygen atoms in total. The summed E-state index contributed by atoms with van der Waals surface area (Å²) in [5.74, 6) is 2.70. The van der Waals surface area contributed by atoms with Crippen LogP contribution in [0.4, 0.5) is 0 Å². The van der Waals surface area contributed by atoms with Crippen LogP contribution in [0.1, 0.15) is 30.7 Å². The van der Waals surface area contributed by atoms with E-state index in [1.54, 1.807) is 0 Å². The summed E-state index contributed by atoms with van der Waals surface area (Å²) in [6.45, 7) is 6.15. The Morgan fingerprint density at radius 3 is 2.71 bits per heavy atom. The minimum atomic E-state index is 0.850. The molecule has 0 saturated heterocycles. The summed E-state index contributed by atoms with van der Waals surface area (Å²) in [6, 6.07) is 8.24. The van der Waals surface area contributed by atoms with E-state index < -0.39 is 0 Å². The van der Waals surface area contributed by atoms with Crippen LogP contribution in [0.25, 0.3) is 17.0 Å². The van der Waals surface area contributed by atoms with E-state index in [4.69, 9.17) is 6.42 Å². The number of hydrogen-bond acceptors (Lipinski definition) is 1. The molecule has 0 amide bonds. The molecule has 0 fully saturated rings. The van der Waals surface area contributed by atoms with Crippen molar-refractivity contribution in [3.63, 3.8) is 0 Å². The second kappa shape index (κ2) is 4.43. The van der Waals surface area contributed by atoms with Gasteiger partial charge in [0, 0.05) is 5.39 Å². The average molecular weight is 221 g/mol. The molecule has 17 heavy (non-hydrogen) atoms. The zero-order chi connectivity index (χ0) is 12.4. The molecule has 0 saturated carbocycles. The monoisotopic (exact) mass is 221 g/mol. The Hall–Kier alpha value is -2.07. The van der Waals surface area contributed by atoms with Crippen LogP contribution < -0.4 is 0 Å². The summed E-state index contributed by atoms with van der Waals surface area (Å²) >= 11 is 0. The van der Waals surface area contributed by atoms with Crippen molar-refractivity contribution in [2.75, 3.05) is 0 Å². The van der Waals surface area contributed by atoms with Crippen LogP contribution in [0.2, 0.25) is 0 Å². The minimum Gasteiger partial charge on any atom is -0.247 e. The molecule has 2 rings (SSSR count). The van der Waals surface area contributed by atoms with Gasteiger partial charge in [0.2, 0.25) is 0 Å². The number of hydrogen-bond donors (Lipinski definition) is 0. The molecule has 2 aromatic rings. The first-order valence-corrected chi connectivity index (χ1v) is 5.63. The lowest BCUT2D eigenvalue weighted by Gasteiger charge is -2.04. The average Bonchev–Trinajstić information content (AvgIpc) is 2.27. The van der Waals surface area contributed by atoms with E-state index in [1.807, 2.05) is 26.0 Å². The predicted molar refractivity (Wildman–Crippen MR) is 73.7 cm³/mol. The molecule has 1 aromatic carbocycles. The van der Waals surface area contributed by atoms with Gasteiger partial charge in [-0.2, -0.15) is 0 Å². The van der Waals surface area contributed by atoms with Gasteiger partial charge in [-0.05, 0) is 44.5 Å². The number of benzene rings is 1. The van der Waals surface area contributed by atoms with Crippen molar-refractivity contribution in [2.45, 2.75) is 20.8 Å². The highest BCUT2D eigenvalue weighted by atomic mass is 14.7. The van der Waals surface area contributed by atoms with Gasteiger partial charge in [-0.25, -0.2) is 4.98 Å². The standard InChI is InChI=1S/C16H15N/c1-5-13-10-14-7-6-12(4)9-16(14)17-15(13)8-11(2)3/h1,6-10H,2-4H3. The van der Waals surface area contributed by atoms with Crippen LogP contribution in [0.15, 0.2) is 29.8 Å². The smallest absolute Gasteiger partial charge is 0.0793 e. The molecule has 0 unspecified atom stereocenters. The van der Waals surface area contributed by atoms with Crippen molar-refractivity contribution in [3.8, 4) is 12.3 Å². The molecule has 0 atom stereocenters. The van der Waals surface area contributed by atoms with Crippen molar-refractivity contribution < 1.29 is 0 Å². The van der Waals surface area contributed by atoms with Gasteiger partial charge in [0.15, 0.2) is 0 Å². The lowest BCUT2D eigenvalue weighted by atomic mass is 10.1. The lowest BCUT2D eigenvalue weighted by Crippen LogP contribution is -1.91. The predicted octanol–water partition coefficient (Wildman–Crippen LogP) is 3.95. The number of rotatable bonds is 1. The number of aromatic nitrogens is 1. The van der Waals surface area contributed by atoms with Crippen LogP contribution in [0, 0.1) is 19.3 Å². The first-order chi connectivity index (χ1) is 8.10. The largest absolute Gasteiger partial charge is 0.247 e. The van der Waals surface area contributed by atoms with E-state index in [-0.39, 0.29) is 0 Å². The van der Waals surface area contributed by atoms with Gasteiger partial charge >= 0.3 is 0 Å². The molecule has 1 heteroatoms. The van der Waals surface area contributed by atoms with Crippen LogP contribution in [-0.4, -0.2) is 4.98 Å². The Morgan fingerprint density at radius 2 is 2.06 bits per heavy atom. The molecular weight excluding hydrogens is 206 g/mol. The maximum atomic E-state index is 5.53. The Balaban J connectivity index is 2.75. The molecule has 84 valence electrons. The minimum absolute atomic E-state index is 0.850. The van der Waals surface area contributed by atoms with E-state index in [0.717, 1.165) is 22.2 Å². The summed E-state index contributed by atoms with van der Waals surface area (Å²) in [6.07, 6.45) is 7.55. The Kier molecular flexibility index (Phi) is 2.97. The van der Waals surface area contributed by atoms with Crippen LogP contribution in [-0.2, 0) is 0 Å². The summed E-state index contributed by atoms with van der Waals surface area (Å²) in [5.41, 5.74) is 5.13. The first-order valence-electron chi connectivity index (χ1n) is 5.63. The summed E-state index contributed by atoms with van der Waals surface area (Å²) in [4.78, 5) is 4.63. The lowest BCUT2D eigenvalue weighted by molar-refractivity contribution is 1.31. The van der Waals surface area contributed by atoms with Crippen LogP contribution in [0.5, 0.6) is 0 Å². The van der Waals surface area contributed by atoms with Gasteiger partial charge in [0.25, 0.3) is 0 Å². The molecule has 0 aliphatic rings. The van der Waals surface area contributed by atoms with Crippen LogP contribution >= 0.6 is 0 Å². The van der Waals surface area contributed by atoms with E-state index in [9.17, 15) is 0 Å². The highest BCUT2D eigenvalue weighted by molar-refractivity contribution is 5.82. The fourth-order valence-electron chi connectivity index (χ4n) is 1.79. The number of pyridine rings is 1. The van der Waals surface area contributed by atoms with Gasteiger partial charge in [-0.3, -0.25) is 0 Å². The molecule has 0 spiro atoms. The molecule has 0 aliphatic heterocycles. The summed E-state index contributed by atoms with van der Waals surface area (Å²) < 4.78 is 0. The maximum absolute atomic E-state index is 5.53. The van der Waals surface area contributed by atoms with Gasteiger partial charge in [0.1, 0.15) is 0 Å². The Morgan fingerprint density at radius 1 is 1.29 bits per heavy atom. The third-order valence-corrected chi connectivity index (χ3v) is 2.58. The fourth-order valence-corrected chi connectivity index (χ4v) is 1.79. The quantitative estimate of drug-likeness (QED) is 0.664. The number of fused-ring (bicyclic) bond motifs is 1. The third kappa shape index (κ3) is 2.37. The second-order valence-electron chi connectivity index (χ2n) is 4.48. The van der Waals surface area contributed by atoms with Gasteiger partial charge in [0.05, 0.1) is 16.8 Å². The van der Waals surface area contributed by atoms with Crippen molar-refractivity contribution in [2.24, 2.45) is 0 Å². The maximum Gasteiger partial charge on any atom is 0.0793 e. The molecular formula is C16H15N.